The summed E-state index contributed by atoms with van der Waals surface area (Å²) in [6.45, 7) is 4.92. The van der Waals surface area contributed by atoms with E-state index in [1.165, 1.54) is 22.2 Å². The van der Waals surface area contributed by atoms with Crippen molar-refractivity contribution in [3.05, 3.63) is 41.4 Å². The third kappa shape index (κ3) is 3.34. The van der Waals surface area contributed by atoms with Crippen LogP contribution < -0.4 is 5.32 Å². The van der Waals surface area contributed by atoms with E-state index in [0.29, 0.717) is 5.69 Å². The molecule has 5 nitrogen and oxygen atoms in total. The number of aliphatic hydroxyl groups excluding tert-OH is 1. The average molecular weight is 343 g/mol. The number of fused-ring (bicyclic) bond motifs is 1. The minimum absolute atomic E-state index is 0.224. The summed E-state index contributed by atoms with van der Waals surface area (Å²) in [6.07, 6.45) is 0.456. The predicted molar refractivity (Wildman–Crippen MR) is 97.4 cm³/mol. The third-order valence-corrected chi connectivity index (χ3v) is 4.64. The Bertz CT molecular complexity index is 851. The normalized spacial score (nSPS) is 12.5. The topological polar surface area (TPSA) is 67.2 Å². The molecule has 1 unspecified atom stereocenters. The van der Waals surface area contributed by atoms with Crippen molar-refractivity contribution < 1.29 is 9.90 Å². The molecule has 6 heteroatoms. The molecule has 1 aromatic carbocycles. The molecule has 2 heterocycles. The summed E-state index contributed by atoms with van der Waals surface area (Å²) in [6, 6.07) is 10.4. The molecule has 0 aliphatic rings. The van der Waals surface area contributed by atoms with E-state index in [2.05, 4.69) is 40.0 Å². The highest BCUT2D eigenvalue weighted by Gasteiger charge is 2.16. The Morgan fingerprint density at radius 1 is 1.42 bits per heavy atom. The molecule has 2 N–H and O–H groups in total. The molecule has 0 aliphatic carbocycles. The number of nitrogens with zero attached hydrogens (tertiary/aromatic N) is 2. The molecule has 2 aromatic heterocycles. The molecule has 0 radical (unpaired) electrons. The Morgan fingerprint density at radius 3 is 2.96 bits per heavy atom. The fourth-order valence-electron chi connectivity index (χ4n) is 2.68. The Labute approximate surface area is 145 Å². The van der Waals surface area contributed by atoms with E-state index in [4.69, 9.17) is 0 Å². The number of aromatic nitrogens is 2. The van der Waals surface area contributed by atoms with Crippen LogP contribution in [0.25, 0.3) is 21.6 Å². The number of thiazole rings is 1. The van der Waals surface area contributed by atoms with Gasteiger partial charge < -0.3 is 15.0 Å². The van der Waals surface area contributed by atoms with E-state index >= 15 is 0 Å². The van der Waals surface area contributed by atoms with Crippen molar-refractivity contribution in [3.63, 3.8) is 0 Å². The molecule has 1 amide bonds. The molecule has 3 aromatic rings. The minimum atomic E-state index is -0.570. The predicted octanol–water partition coefficient (Wildman–Crippen LogP) is 3.29. The molecule has 0 spiro atoms. The van der Waals surface area contributed by atoms with Crippen LogP contribution in [0.2, 0.25) is 0 Å². The van der Waals surface area contributed by atoms with E-state index in [0.717, 1.165) is 23.7 Å². The second kappa shape index (κ2) is 7.15. The zero-order valence-electron chi connectivity index (χ0n) is 13.8. The van der Waals surface area contributed by atoms with Gasteiger partial charge in [-0.1, -0.05) is 25.1 Å². The standard InChI is InChI=1S/C18H21N3O2S/c1-3-8-21-15-7-5-4-6-13(15)9-16(21)18-20-14(11-24-18)17(23)19-10-12(2)22/h4-7,9,11-12,22H,3,8,10H2,1-2H3,(H,19,23). The maximum atomic E-state index is 12.1. The van der Waals surface area contributed by atoms with Crippen LogP contribution in [-0.2, 0) is 6.54 Å². The van der Waals surface area contributed by atoms with E-state index in [1.54, 1.807) is 12.3 Å². The van der Waals surface area contributed by atoms with Crippen molar-refractivity contribution in [2.45, 2.75) is 32.9 Å². The van der Waals surface area contributed by atoms with E-state index in [1.807, 2.05) is 12.1 Å². The molecule has 0 bridgehead atoms. The maximum absolute atomic E-state index is 12.1. The minimum Gasteiger partial charge on any atom is -0.392 e. The summed E-state index contributed by atoms with van der Waals surface area (Å²) in [4.78, 5) is 16.6. The first-order valence-corrected chi connectivity index (χ1v) is 8.98. The zero-order chi connectivity index (χ0) is 17.1. The summed E-state index contributed by atoms with van der Waals surface area (Å²) < 4.78 is 2.26. The summed E-state index contributed by atoms with van der Waals surface area (Å²) in [7, 11) is 0. The number of carbonyl (C=O) groups excluding carboxylic acids is 1. The van der Waals surface area contributed by atoms with Crippen LogP contribution in [0, 0.1) is 0 Å². The van der Waals surface area contributed by atoms with Crippen LogP contribution in [-0.4, -0.2) is 33.2 Å². The van der Waals surface area contributed by atoms with Crippen molar-refractivity contribution in [2.75, 3.05) is 6.54 Å². The Balaban J connectivity index is 1.93. The van der Waals surface area contributed by atoms with Gasteiger partial charge in [-0.2, -0.15) is 0 Å². The largest absolute Gasteiger partial charge is 0.392 e. The second-order valence-corrected chi connectivity index (χ2v) is 6.70. The van der Waals surface area contributed by atoms with E-state index in [9.17, 15) is 9.90 Å². The van der Waals surface area contributed by atoms with Crippen molar-refractivity contribution in [1.82, 2.24) is 14.9 Å². The van der Waals surface area contributed by atoms with Gasteiger partial charge in [-0.05, 0) is 25.5 Å². The molecule has 3 rings (SSSR count). The van der Waals surface area contributed by atoms with Gasteiger partial charge in [0.25, 0.3) is 5.91 Å². The van der Waals surface area contributed by atoms with Crippen molar-refractivity contribution in [1.29, 1.82) is 0 Å². The highest BCUT2D eigenvalue weighted by atomic mass is 32.1. The molecule has 0 fully saturated rings. The number of carbonyl (C=O) groups is 1. The lowest BCUT2D eigenvalue weighted by Gasteiger charge is -2.07. The summed E-state index contributed by atoms with van der Waals surface area (Å²) >= 11 is 1.47. The molecule has 0 saturated heterocycles. The van der Waals surface area contributed by atoms with Gasteiger partial charge in [-0.25, -0.2) is 4.98 Å². The summed E-state index contributed by atoms with van der Waals surface area (Å²) in [5.41, 5.74) is 2.62. The van der Waals surface area contributed by atoms with Gasteiger partial charge in [0.15, 0.2) is 0 Å². The number of amides is 1. The number of benzene rings is 1. The number of nitrogens with one attached hydrogen (secondary N) is 1. The average Bonchev–Trinajstić information content (AvgIpc) is 3.18. The maximum Gasteiger partial charge on any atom is 0.270 e. The smallest absolute Gasteiger partial charge is 0.270 e. The van der Waals surface area contributed by atoms with Gasteiger partial charge >= 0.3 is 0 Å². The fourth-order valence-corrected chi connectivity index (χ4v) is 3.50. The van der Waals surface area contributed by atoms with Crippen LogP contribution in [0.5, 0.6) is 0 Å². The molecule has 24 heavy (non-hydrogen) atoms. The first-order chi connectivity index (χ1) is 11.6. The Morgan fingerprint density at radius 2 is 2.21 bits per heavy atom. The van der Waals surface area contributed by atoms with Crippen LogP contribution in [0.1, 0.15) is 30.8 Å². The SMILES string of the molecule is CCCn1c(-c2nc(C(=O)NCC(C)O)cs2)cc2ccccc21. The van der Waals surface area contributed by atoms with E-state index < -0.39 is 6.10 Å². The molecule has 0 aliphatic heterocycles. The summed E-state index contributed by atoms with van der Waals surface area (Å²) in [5.74, 6) is -0.253. The first kappa shape index (κ1) is 16.7. The van der Waals surface area contributed by atoms with Crippen molar-refractivity contribution in [2.24, 2.45) is 0 Å². The van der Waals surface area contributed by atoms with Gasteiger partial charge in [-0.15, -0.1) is 11.3 Å². The Hall–Kier alpha value is -2.18. The number of aryl methyl sites for hydroxylation is 1. The number of rotatable bonds is 6. The highest BCUT2D eigenvalue weighted by Crippen LogP contribution is 2.30. The third-order valence-electron chi connectivity index (χ3n) is 3.77. The lowest BCUT2D eigenvalue weighted by atomic mass is 10.2. The lowest BCUT2D eigenvalue weighted by molar-refractivity contribution is 0.0920. The first-order valence-electron chi connectivity index (χ1n) is 8.10. The number of aliphatic hydroxyl groups is 1. The van der Waals surface area contributed by atoms with Gasteiger partial charge in [-0.3, -0.25) is 4.79 Å². The van der Waals surface area contributed by atoms with Gasteiger partial charge in [0.1, 0.15) is 10.7 Å². The van der Waals surface area contributed by atoms with Crippen LogP contribution in [0.3, 0.4) is 0 Å². The highest BCUT2D eigenvalue weighted by molar-refractivity contribution is 7.13. The van der Waals surface area contributed by atoms with Crippen LogP contribution in [0.15, 0.2) is 35.7 Å². The molecule has 0 saturated carbocycles. The Kier molecular flexibility index (Phi) is 4.97. The monoisotopic (exact) mass is 343 g/mol. The lowest BCUT2D eigenvalue weighted by Crippen LogP contribution is -2.30. The zero-order valence-corrected chi connectivity index (χ0v) is 14.6. The quantitative estimate of drug-likeness (QED) is 0.722. The fraction of sp³-hybridized carbons (Fsp3) is 0.333. The number of para-hydroxylation sites is 1. The van der Waals surface area contributed by atoms with E-state index in [-0.39, 0.29) is 12.5 Å². The van der Waals surface area contributed by atoms with Gasteiger partial charge in [0, 0.05) is 29.4 Å². The molecule has 1 atom stereocenters. The molecular formula is C18H21N3O2S. The molecule has 126 valence electrons. The summed E-state index contributed by atoms with van der Waals surface area (Å²) in [5, 5.41) is 15.7. The number of hydrogen-bond donors (Lipinski definition) is 2. The van der Waals surface area contributed by atoms with Gasteiger partial charge in [0.05, 0.1) is 11.8 Å². The van der Waals surface area contributed by atoms with Gasteiger partial charge in [0.2, 0.25) is 0 Å². The van der Waals surface area contributed by atoms with Crippen LogP contribution >= 0.6 is 11.3 Å². The number of hydrogen-bond acceptors (Lipinski definition) is 4. The van der Waals surface area contributed by atoms with Crippen molar-refractivity contribution in [3.8, 4) is 10.7 Å². The molecular weight excluding hydrogens is 322 g/mol. The van der Waals surface area contributed by atoms with Crippen molar-refractivity contribution >= 4 is 28.1 Å². The van der Waals surface area contributed by atoms with Crippen LogP contribution in [0.4, 0.5) is 0 Å². The second-order valence-electron chi connectivity index (χ2n) is 5.84.